The van der Waals surface area contributed by atoms with Crippen molar-refractivity contribution < 1.29 is 31.5 Å². The summed E-state index contributed by atoms with van der Waals surface area (Å²) in [6.07, 6.45) is 5.60. The predicted octanol–water partition coefficient (Wildman–Crippen LogP) is 1.20. The van der Waals surface area contributed by atoms with Crippen LogP contribution in [0.25, 0.3) is 0 Å². The van der Waals surface area contributed by atoms with Crippen molar-refractivity contribution in [1.29, 1.82) is 0 Å². The number of aromatic nitrogens is 1. The minimum Gasteiger partial charge on any atom is -0.357 e. The van der Waals surface area contributed by atoms with E-state index >= 15 is 0 Å². The average Bonchev–Trinajstić information content (AvgIpc) is 3.26. The second kappa shape index (κ2) is 7.24. The van der Waals surface area contributed by atoms with Crippen molar-refractivity contribution >= 4 is 27.7 Å². The number of carbonyl (C=O) groups is 2. The summed E-state index contributed by atoms with van der Waals surface area (Å²) in [6, 6.07) is 0.885. The molecular weight excluding hydrogens is 415 g/mol. The largest absolute Gasteiger partial charge is 0.501 e. The van der Waals surface area contributed by atoms with Crippen molar-refractivity contribution in [1.82, 2.24) is 14.8 Å². The van der Waals surface area contributed by atoms with Gasteiger partial charge in [0.05, 0.1) is 5.69 Å². The minimum absolute atomic E-state index is 0.0399. The standard InChI is InChI=1S/C19H22FN4O5S/c1-12-9-13(29-21-12)11-24-17(25)15-10-14(30(27,28)22-19(2)5-6-19)3-4-16(15)23(8-7-20)18(24)26/h3-4,9-10,14,22H,5-8,11H2,1-2H3/q+1. The molecule has 0 radical (unpaired) electrons. The number of alkyl halides is 1. The molecule has 1 aromatic heterocycles. The third-order valence-corrected chi connectivity index (χ3v) is 7.11. The number of aryl methyl sites for hydroxylation is 1. The summed E-state index contributed by atoms with van der Waals surface area (Å²) in [6.45, 7) is 2.25. The van der Waals surface area contributed by atoms with Crippen LogP contribution in [0.1, 0.15) is 31.2 Å². The fraction of sp³-hybridized carbons (Fsp3) is 0.474. The maximum Gasteiger partial charge on any atom is 0.501 e. The number of nitrogens with zero attached hydrogens (tertiary/aromatic N) is 3. The number of imide groups is 1. The monoisotopic (exact) mass is 437 g/mol. The molecule has 4 rings (SSSR count). The normalized spacial score (nSPS) is 23.0. The third-order valence-electron chi connectivity index (χ3n) is 5.32. The zero-order valence-corrected chi connectivity index (χ0v) is 17.4. The molecule has 1 unspecified atom stereocenters. The number of fused-ring (bicyclic) bond motifs is 1. The Morgan fingerprint density at radius 2 is 2.13 bits per heavy atom. The van der Waals surface area contributed by atoms with Crippen molar-refractivity contribution in [2.24, 2.45) is 0 Å². The number of hydrogen-bond acceptors (Lipinski definition) is 6. The Morgan fingerprint density at radius 3 is 2.73 bits per heavy atom. The van der Waals surface area contributed by atoms with Gasteiger partial charge >= 0.3 is 11.9 Å². The second-order valence-electron chi connectivity index (χ2n) is 7.95. The molecule has 1 atom stereocenters. The quantitative estimate of drug-likeness (QED) is 0.642. The second-order valence-corrected chi connectivity index (χ2v) is 9.78. The first-order chi connectivity index (χ1) is 14.1. The van der Waals surface area contributed by atoms with E-state index < -0.39 is 39.4 Å². The van der Waals surface area contributed by atoms with Gasteiger partial charge in [0.1, 0.15) is 29.8 Å². The number of sulfonamides is 1. The molecule has 0 saturated heterocycles. The zero-order valence-electron chi connectivity index (χ0n) is 16.6. The van der Waals surface area contributed by atoms with Gasteiger partial charge in [-0.3, -0.25) is 0 Å². The molecule has 11 heteroatoms. The van der Waals surface area contributed by atoms with E-state index in [0.717, 1.165) is 22.3 Å². The van der Waals surface area contributed by atoms with E-state index in [9.17, 15) is 22.4 Å². The maximum absolute atomic E-state index is 13.1. The summed E-state index contributed by atoms with van der Waals surface area (Å²) in [5.41, 5.74) is 0.355. The van der Waals surface area contributed by atoms with Gasteiger partial charge in [-0.05, 0) is 38.8 Å². The SMILES string of the molecule is Cc1cc(CN2C(=O)C3=CC(S(=O)(=O)NC4(C)CC4)C=CC3=[N+](CCF)C2=O)on1. The first kappa shape index (κ1) is 20.6. The number of amides is 3. The van der Waals surface area contributed by atoms with Gasteiger partial charge in [0.25, 0.3) is 0 Å². The molecule has 1 aromatic rings. The van der Waals surface area contributed by atoms with Gasteiger partial charge in [0, 0.05) is 11.6 Å². The Kier molecular flexibility index (Phi) is 4.97. The number of nitrogens with one attached hydrogen (secondary N) is 1. The smallest absolute Gasteiger partial charge is 0.357 e. The molecule has 160 valence electrons. The number of allylic oxidation sites excluding steroid dienone is 1. The molecule has 2 aliphatic carbocycles. The van der Waals surface area contributed by atoms with E-state index in [-0.39, 0.29) is 30.1 Å². The molecule has 1 saturated carbocycles. The Balaban J connectivity index is 1.70. The van der Waals surface area contributed by atoms with Crippen molar-refractivity contribution in [3.05, 3.63) is 41.3 Å². The topological polar surface area (TPSA) is 113 Å². The number of hydrogen-bond donors (Lipinski definition) is 1. The molecule has 2 heterocycles. The Hall–Kier alpha value is -2.66. The van der Waals surface area contributed by atoms with Gasteiger partial charge < -0.3 is 4.52 Å². The van der Waals surface area contributed by atoms with Gasteiger partial charge in [-0.15, -0.1) is 4.90 Å². The predicted molar refractivity (Wildman–Crippen MR) is 104 cm³/mol. The van der Waals surface area contributed by atoms with E-state index in [1.165, 1.54) is 18.2 Å². The maximum atomic E-state index is 13.1. The molecule has 3 aliphatic rings. The fourth-order valence-electron chi connectivity index (χ4n) is 3.46. The van der Waals surface area contributed by atoms with Crippen LogP contribution in [0, 0.1) is 6.92 Å². The van der Waals surface area contributed by atoms with E-state index in [2.05, 4.69) is 9.88 Å². The summed E-state index contributed by atoms with van der Waals surface area (Å²) in [5, 5.41) is 2.66. The Morgan fingerprint density at radius 1 is 1.40 bits per heavy atom. The van der Waals surface area contributed by atoms with Crippen LogP contribution in [-0.2, 0) is 21.4 Å². The zero-order chi connectivity index (χ0) is 21.7. The van der Waals surface area contributed by atoms with E-state index in [4.69, 9.17) is 4.52 Å². The average molecular weight is 437 g/mol. The van der Waals surface area contributed by atoms with Gasteiger partial charge in [0.2, 0.25) is 10.0 Å². The lowest BCUT2D eigenvalue weighted by molar-refractivity contribution is -0.437. The van der Waals surface area contributed by atoms with Gasteiger partial charge in [0.15, 0.2) is 12.3 Å². The Labute approximate surface area is 173 Å². The van der Waals surface area contributed by atoms with E-state index in [0.29, 0.717) is 5.69 Å². The van der Waals surface area contributed by atoms with Gasteiger partial charge in [-0.1, -0.05) is 11.2 Å². The van der Waals surface area contributed by atoms with Crippen LogP contribution in [0.2, 0.25) is 0 Å². The molecule has 0 aromatic carbocycles. The fourth-order valence-corrected chi connectivity index (χ4v) is 5.09. The lowest BCUT2D eigenvalue weighted by atomic mass is 9.99. The molecule has 3 amide bonds. The summed E-state index contributed by atoms with van der Waals surface area (Å²) in [7, 11) is -3.77. The minimum atomic E-state index is -3.77. The summed E-state index contributed by atoms with van der Waals surface area (Å²) in [5.74, 6) is -0.376. The number of carbonyl (C=O) groups excluding carboxylic acids is 2. The highest BCUT2D eigenvalue weighted by atomic mass is 32.2. The number of urea groups is 1. The van der Waals surface area contributed by atoms with Crippen LogP contribution in [0.5, 0.6) is 0 Å². The lowest BCUT2D eigenvalue weighted by Crippen LogP contribution is -2.52. The molecule has 9 nitrogen and oxygen atoms in total. The molecule has 1 aliphatic heterocycles. The highest BCUT2D eigenvalue weighted by Gasteiger charge is 2.47. The molecule has 30 heavy (non-hydrogen) atoms. The summed E-state index contributed by atoms with van der Waals surface area (Å²) >= 11 is 0. The van der Waals surface area contributed by atoms with E-state index in [1.807, 2.05) is 6.92 Å². The third kappa shape index (κ3) is 3.74. The molecule has 0 bridgehead atoms. The Bertz CT molecular complexity index is 1110. The van der Waals surface area contributed by atoms with Crippen LogP contribution < -0.4 is 4.72 Å². The first-order valence-corrected chi connectivity index (χ1v) is 11.1. The summed E-state index contributed by atoms with van der Waals surface area (Å²) < 4.78 is 47.6. The van der Waals surface area contributed by atoms with Crippen LogP contribution in [0.15, 0.2) is 34.4 Å². The van der Waals surface area contributed by atoms with Crippen molar-refractivity contribution in [3.63, 3.8) is 0 Å². The van der Waals surface area contributed by atoms with Crippen LogP contribution in [0.3, 0.4) is 0 Å². The van der Waals surface area contributed by atoms with Crippen LogP contribution in [0.4, 0.5) is 9.18 Å². The molecule has 1 N–H and O–H groups in total. The first-order valence-electron chi connectivity index (χ1n) is 9.55. The highest BCUT2D eigenvalue weighted by molar-refractivity contribution is 7.90. The van der Waals surface area contributed by atoms with Crippen molar-refractivity contribution in [2.45, 2.75) is 44.0 Å². The highest BCUT2D eigenvalue weighted by Crippen LogP contribution is 2.36. The number of rotatable bonds is 7. The lowest BCUT2D eigenvalue weighted by Gasteiger charge is -2.25. The molecular formula is C19H22FN4O5S+. The van der Waals surface area contributed by atoms with Crippen LogP contribution >= 0.6 is 0 Å². The summed E-state index contributed by atoms with van der Waals surface area (Å²) in [4.78, 5) is 26.8. The molecule has 0 spiro atoms. The van der Waals surface area contributed by atoms with Crippen molar-refractivity contribution in [3.8, 4) is 0 Å². The van der Waals surface area contributed by atoms with E-state index in [1.54, 1.807) is 13.0 Å². The molecule has 1 fully saturated rings. The van der Waals surface area contributed by atoms with Gasteiger partial charge in [-0.2, -0.15) is 9.37 Å². The van der Waals surface area contributed by atoms with Gasteiger partial charge in [-0.25, -0.2) is 22.3 Å². The van der Waals surface area contributed by atoms with Crippen molar-refractivity contribution in [2.75, 3.05) is 13.2 Å². The number of halogens is 1. The van der Waals surface area contributed by atoms with Crippen LogP contribution in [-0.4, -0.2) is 64.7 Å².